The highest BCUT2D eigenvalue weighted by molar-refractivity contribution is 7.90. The lowest BCUT2D eigenvalue weighted by molar-refractivity contribution is 0.102. The van der Waals surface area contributed by atoms with Crippen molar-refractivity contribution in [1.29, 1.82) is 0 Å². The van der Waals surface area contributed by atoms with Crippen molar-refractivity contribution in [1.82, 2.24) is 0 Å². The molecule has 1 amide bonds. The van der Waals surface area contributed by atoms with Gasteiger partial charge >= 0.3 is 0 Å². The first-order chi connectivity index (χ1) is 11.7. The molecule has 0 atom stereocenters. The molecule has 5 nitrogen and oxygen atoms in total. The normalized spacial score (nSPS) is 11.4. The highest BCUT2D eigenvalue weighted by atomic mass is 32.2. The van der Waals surface area contributed by atoms with E-state index in [1.165, 1.54) is 12.1 Å². The van der Waals surface area contributed by atoms with Gasteiger partial charge in [0.25, 0.3) is 5.91 Å². The van der Waals surface area contributed by atoms with Gasteiger partial charge in [0.15, 0.2) is 9.84 Å². The minimum atomic E-state index is -3.24. The summed E-state index contributed by atoms with van der Waals surface area (Å²) in [7, 11) is -3.24. The van der Waals surface area contributed by atoms with Gasteiger partial charge in [-0.05, 0) is 69.3 Å². The third-order valence-corrected chi connectivity index (χ3v) is 5.09. The number of nitrogens with one attached hydrogen (secondary N) is 1. The molecule has 0 aromatic heterocycles. The quantitative estimate of drug-likeness (QED) is 0.855. The Morgan fingerprint density at radius 1 is 1.04 bits per heavy atom. The van der Waals surface area contributed by atoms with E-state index in [0.717, 1.165) is 18.5 Å². The van der Waals surface area contributed by atoms with Gasteiger partial charge in [-0.1, -0.05) is 0 Å². The van der Waals surface area contributed by atoms with E-state index in [1.54, 1.807) is 24.3 Å². The fourth-order valence-electron chi connectivity index (χ4n) is 2.64. The van der Waals surface area contributed by atoms with E-state index < -0.39 is 9.84 Å². The molecule has 0 aliphatic rings. The molecule has 0 fully saturated rings. The average Bonchev–Trinajstić information content (AvgIpc) is 2.55. The number of nitrogens with zero attached hydrogens (tertiary/aromatic N) is 1. The third-order valence-electron chi connectivity index (χ3n) is 3.97. The van der Waals surface area contributed by atoms with Gasteiger partial charge < -0.3 is 10.2 Å². The molecule has 0 saturated carbocycles. The van der Waals surface area contributed by atoms with E-state index in [9.17, 15) is 13.2 Å². The van der Waals surface area contributed by atoms with E-state index in [-0.39, 0.29) is 10.8 Å². The molecule has 0 heterocycles. The van der Waals surface area contributed by atoms with Crippen LogP contribution in [0.15, 0.2) is 53.4 Å². The van der Waals surface area contributed by atoms with Gasteiger partial charge in [0.05, 0.1) is 4.90 Å². The molecule has 2 aromatic rings. The molecule has 0 radical (unpaired) electrons. The molecule has 0 unspecified atom stereocenters. The largest absolute Gasteiger partial charge is 0.369 e. The van der Waals surface area contributed by atoms with Crippen molar-refractivity contribution in [3.63, 3.8) is 0 Å². The predicted molar refractivity (Wildman–Crippen MR) is 102 cm³/mol. The van der Waals surface area contributed by atoms with Crippen LogP contribution in [0, 0.1) is 0 Å². The summed E-state index contributed by atoms with van der Waals surface area (Å²) in [6, 6.07) is 14.0. The second kappa shape index (κ2) is 7.70. The summed E-state index contributed by atoms with van der Waals surface area (Å²) in [6.45, 7) is 7.26. The summed E-state index contributed by atoms with van der Waals surface area (Å²) in [4.78, 5) is 14.8. The molecule has 0 aliphatic carbocycles. The molecule has 134 valence electrons. The van der Waals surface area contributed by atoms with E-state index in [1.807, 2.05) is 12.1 Å². The summed E-state index contributed by atoms with van der Waals surface area (Å²) in [5, 5.41) is 2.77. The van der Waals surface area contributed by atoms with Crippen molar-refractivity contribution < 1.29 is 13.2 Å². The van der Waals surface area contributed by atoms with Crippen LogP contribution in [-0.4, -0.2) is 33.2 Å². The maximum absolute atomic E-state index is 12.3. The van der Waals surface area contributed by atoms with Crippen LogP contribution in [0.4, 0.5) is 11.4 Å². The molecule has 0 saturated heterocycles. The minimum Gasteiger partial charge on any atom is -0.369 e. The molecule has 0 spiro atoms. The molecular weight excluding hydrogens is 336 g/mol. The smallest absolute Gasteiger partial charge is 0.255 e. The summed E-state index contributed by atoms with van der Waals surface area (Å²) in [5.74, 6) is -0.230. The van der Waals surface area contributed by atoms with Crippen molar-refractivity contribution >= 4 is 27.1 Å². The second-order valence-electron chi connectivity index (χ2n) is 6.18. The Morgan fingerprint density at radius 2 is 1.60 bits per heavy atom. The summed E-state index contributed by atoms with van der Waals surface area (Å²) < 4.78 is 22.9. The summed E-state index contributed by atoms with van der Waals surface area (Å²) in [5.41, 5.74) is 2.18. The van der Waals surface area contributed by atoms with E-state index in [0.29, 0.717) is 17.3 Å². The first-order valence-corrected chi connectivity index (χ1v) is 10.1. The highest BCUT2D eigenvalue weighted by Crippen LogP contribution is 2.19. The van der Waals surface area contributed by atoms with E-state index in [4.69, 9.17) is 0 Å². The molecular formula is C19H24N2O3S. The van der Waals surface area contributed by atoms with Crippen LogP contribution in [0.2, 0.25) is 0 Å². The summed E-state index contributed by atoms with van der Waals surface area (Å²) in [6.07, 6.45) is 1.15. The van der Waals surface area contributed by atoms with Crippen LogP contribution in [0.1, 0.15) is 31.1 Å². The molecule has 0 bridgehead atoms. The number of hydrogen-bond donors (Lipinski definition) is 1. The van der Waals surface area contributed by atoms with Gasteiger partial charge in [-0.2, -0.15) is 0 Å². The van der Waals surface area contributed by atoms with Crippen molar-refractivity contribution in [2.75, 3.05) is 23.0 Å². The second-order valence-corrected chi connectivity index (χ2v) is 8.19. The number of benzene rings is 2. The Labute approximate surface area is 149 Å². The lowest BCUT2D eigenvalue weighted by Crippen LogP contribution is -2.30. The lowest BCUT2D eigenvalue weighted by atomic mass is 10.1. The number of rotatable bonds is 6. The van der Waals surface area contributed by atoms with E-state index in [2.05, 4.69) is 31.0 Å². The van der Waals surface area contributed by atoms with Crippen LogP contribution in [0.3, 0.4) is 0 Å². The van der Waals surface area contributed by atoms with Gasteiger partial charge in [-0.3, -0.25) is 4.79 Å². The minimum absolute atomic E-state index is 0.225. The third kappa shape index (κ3) is 4.82. The number of hydrogen-bond acceptors (Lipinski definition) is 4. The number of sulfone groups is 1. The number of carbonyl (C=O) groups excluding carboxylic acids is 1. The maximum Gasteiger partial charge on any atom is 0.255 e. The number of anilines is 2. The van der Waals surface area contributed by atoms with Crippen LogP contribution >= 0.6 is 0 Å². The lowest BCUT2D eigenvalue weighted by Gasteiger charge is -2.27. The number of amides is 1. The Morgan fingerprint density at radius 3 is 2.04 bits per heavy atom. The Balaban J connectivity index is 2.11. The van der Waals surface area contributed by atoms with Crippen molar-refractivity contribution in [2.24, 2.45) is 0 Å². The molecule has 6 heteroatoms. The first kappa shape index (κ1) is 19.0. The van der Waals surface area contributed by atoms with Crippen LogP contribution < -0.4 is 10.2 Å². The van der Waals surface area contributed by atoms with Crippen molar-refractivity contribution in [3.8, 4) is 0 Å². The molecule has 2 aromatic carbocycles. The molecule has 25 heavy (non-hydrogen) atoms. The van der Waals surface area contributed by atoms with Gasteiger partial charge in [0.1, 0.15) is 0 Å². The van der Waals surface area contributed by atoms with Crippen LogP contribution in [0.5, 0.6) is 0 Å². The Bertz CT molecular complexity index is 826. The monoisotopic (exact) mass is 360 g/mol. The van der Waals surface area contributed by atoms with Crippen molar-refractivity contribution in [2.45, 2.75) is 31.7 Å². The zero-order chi connectivity index (χ0) is 18.6. The SMILES string of the molecule is CCN(c1ccc(C(=O)Nc2ccc(S(C)(=O)=O)cc2)cc1)C(C)C. The molecule has 2 rings (SSSR count). The first-order valence-electron chi connectivity index (χ1n) is 8.20. The van der Waals surface area contributed by atoms with Gasteiger partial charge in [-0.25, -0.2) is 8.42 Å². The Kier molecular flexibility index (Phi) is 5.85. The van der Waals surface area contributed by atoms with Gasteiger partial charge in [0, 0.05) is 35.8 Å². The maximum atomic E-state index is 12.3. The highest BCUT2D eigenvalue weighted by Gasteiger charge is 2.11. The summed E-state index contributed by atoms with van der Waals surface area (Å²) >= 11 is 0. The average molecular weight is 360 g/mol. The van der Waals surface area contributed by atoms with Crippen molar-refractivity contribution in [3.05, 3.63) is 54.1 Å². The van der Waals surface area contributed by atoms with E-state index >= 15 is 0 Å². The van der Waals surface area contributed by atoms with Gasteiger partial charge in [-0.15, -0.1) is 0 Å². The topological polar surface area (TPSA) is 66.5 Å². The fourth-order valence-corrected chi connectivity index (χ4v) is 3.27. The zero-order valence-electron chi connectivity index (χ0n) is 15.0. The van der Waals surface area contributed by atoms with Crippen LogP contribution in [-0.2, 0) is 9.84 Å². The Hall–Kier alpha value is -2.34. The fraction of sp³-hybridized carbons (Fsp3) is 0.316. The predicted octanol–water partition coefficient (Wildman–Crippen LogP) is 3.58. The van der Waals surface area contributed by atoms with Crippen LogP contribution in [0.25, 0.3) is 0 Å². The number of carbonyl (C=O) groups is 1. The standard InChI is InChI=1S/C19H24N2O3S/c1-5-21(14(2)3)17-10-6-15(7-11-17)19(22)20-16-8-12-18(13-9-16)25(4,23)24/h6-14H,5H2,1-4H3,(H,20,22). The molecule has 0 aliphatic heterocycles. The zero-order valence-corrected chi connectivity index (χ0v) is 15.8. The molecule has 1 N–H and O–H groups in total. The van der Waals surface area contributed by atoms with Gasteiger partial charge in [0.2, 0.25) is 0 Å².